The van der Waals surface area contributed by atoms with E-state index in [1.807, 2.05) is 6.26 Å². The monoisotopic (exact) mass is 405 g/mol. The number of carboxylic acids is 1. The number of allylic oxidation sites excluding steroid dienone is 1. The Balaban J connectivity index is 0.000000528. The molecule has 0 radical (unpaired) electrons. The van der Waals surface area contributed by atoms with Crippen molar-refractivity contribution < 1.29 is 24.5 Å². The topological polar surface area (TPSA) is 105 Å². The van der Waals surface area contributed by atoms with Gasteiger partial charge in [-0.25, -0.2) is 0 Å². The molecule has 7 heteroatoms. The van der Waals surface area contributed by atoms with E-state index >= 15 is 0 Å². The summed E-state index contributed by atoms with van der Waals surface area (Å²) >= 11 is 1.60. The average molecular weight is 406 g/mol. The average Bonchev–Trinajstić information content (AvgIpc) is 3.41. The summed E-state index contributed by atoms with van der Waals surface area (Å²) in [6, 6.07) is -0.683. The van der Waals surface area contributed by atoms with Crippen molar-refractivity contribution in [2.75, 3.05) is 32.3 Å². The van der Waals surface area contributed by atoms with Crippen LogP contribution in [0.2, 0.25) is 0 Å². The zero-order valence-electron chi connectivity index (χ0n) is 17.6. The second kappa shape index (κ2) is 14.4. The maximum atomic E-state index is 10.1. The Labute approximate surface area is 168 Å². The van der Waals surface area contributed by atoms with Crippen molar-refractivity contribution in [2.45, 2.75) is 70.6 Å². The minimum absolute atomic E-state index is 0.211. The Kier molecular flexibility index (Phi) is 14.1. The van der Waals surface area contributed by atoms with E-state index in [9.17, 15) is 4.79 Å². The van der Waals surface area contributed by atoms with Crippen molar-refractivity contribution in [3.8, 4) is 0 Å². The number of ether oxygens (including phenoxy) is 2. The third-order valence-corrected chi connectivity index (χ3v) is 5.57. The summed E-state index contributed by atoms with van der Waals surface area (Å²) in [5.74, 6) is 0.517. The quantitative estimate of drug-likeness (QED) is 0.421. The van der Waals surface area contributed by atoms with E-state index in [1.54, 1.807) is 11.8 Å². The first kappa shape index (κ1) is 26.4. The second-order valence-corrected chi connectivity index (χ2v) is 8.24. The number of carboxylic acid groups (broad SMARTS) is 1. The molecule has 0 aromatic heterocycles. The number of hydrogen-bond donors (Lipinski definition) is 3. The predicted octanol–water partition coefficient (Wildman–Crippen LogP) is 3.08. The van der Waals surface area contributed by atoms with Crippen molar-refractivity contribution in [1.82, 2.24) is 0 Å². The fourth-order valence-electron chi connectivity index (χ4n) is 3.20. The van der Waals surface area contributed by atoms with Gasteiger partial charge in [0, 0.05) is 13.0 Å². The van der Waals surface area contributed by atoms with Gasteiger partial charge in [0.05, 0.1) is 24.9 Å². The van der Waals surface area contributed by atoms with Crippen LogP contribution in [0.1, 0.15) is 52.9 Å². The summed E-state index contributed by atoms with van der Waals surface area (Å²) in [5, 5.41) is 15.3. The summed E-state index contributed by atoms with van der Waals surface area (Å²) < 4.78 is 11.6. The molecule has 160 valence electrons. The molecule has 1 aliphatic heterocycles. The summed E-state index contributed by atoms with van der Waals surface area (Å²) in [4.78, 5) is 10.1. The first-order chi connectivity index (χ1) is 12.8. The van der Waals surface area contributed by atoms with Gasteiger partial charge in [0.25, 0.3) is 0 Å². The molecule has 0 aromatic carbocycles. The highest BCUT2D eigenvalue weighted by Gasteiger charge is 2.54. The van der Waals surface area contributed by atoms with Gasteiger partial charge in [-0.3, -0.25) is 4.79 Å². The molecule has 2 fully saturated rings. The highest BCUT2D eigenvalue weighted by molar-refractivity contribution is 7.98. The van der Waals surface area contributed by atoms with Crippen molar-refractivity contribution in [3.05, 3.63) is 11.6 Å². The fraction of sp³-hybridized carbons (Fsp3) is 0.850. The minimum Gasteiger partial charge on any atom is -0.480 e. The van der Waals surface area contributed by atoms with Crippen molar-refractivity contribution in [3.63, 3.8) is 0 Å². The predicted molar refractivity (Wildman–Crippen MR) is 112 cm³/mol. The molecule has 27 heavy (non-hydrogen) atoms. The van der Waals surface area contributed by atoms with Gasteiger partial charge >= 0.3 is 5.97 Å². The lowest BCUT2D eigenvalue weighted by molar-refractivity contribution is -0.138. The van der Waals surface area contributed by atoms with Gasteiger partial charge in [-0.2, -0.15) is 11.8 Å². The van der Waals surface area contributed by atoms with Crippen LogP contribution in [0.4, 0.5) is 0 Å². The van der Waals surface area contributed by atoms with Gasteiger partial charge in [0.2, 0.25) is 0 Å². The van der Waals surface area contributed by atoms with Gasteiger partial charge in [0.15, 0.2) is 0 Å². The maximum absolute atomic E-state index is 10.1. The molecule has 0 aromatic rings. The van der Waals surface area contributed by atoms with E-state index < -0.39 is 12.0 Å². The Bertz CT molecular complexity index is 436. The smallest absolute Gasteiger partial charge is 0.320 e. The number of aliphatic hydroxyl groups excluding tert-OH is 1. The number of aliphatic carboxylic acids is 1. The molecule has 2 rings (SSSR count). The summed E-state index contributed by atoms with van der Waals surface area (Å²) in [6.45, 7) is 8.14. The molecular formula is C20H39NO5S. The lowest BCUT2D eigenvalue weighted by Crippen LogP contribution is -2.37. The Morgan fingerprint density at radius 2 is 2.04 bits per heavy atom. The zero-order valence-corrected chi connectivity index (χ0v) is 18.4. The van der Waals surface area contributed by atoms with Crippen LogP contribution in [-0.2, 0) is 14.3 Å². The molecule has 1 aliphatic carbocycles. The molecule has 1 heterocycles. The van der Waals surface area contributed by atoms with Gasteiger partial charge in [-0.05, 0) is 52.0 Å². The van der Waals surface area contributed by atoms with E-state index in [4.69, 9.17) is 25.4 Å². The Morgan fingerprint density at radius 3 is 2.52 bits per heavy atom. The third-order valence-electron chi connectivity index (χ3n) is 4.92. The molecule has 4 atom stereocenters. The highest BCUT2D eigenvalue weighted by atomic mass is 32.2. The number of hydrogen-bond acceptors (Lipinski definition) is 6. The van der Waals surface area contributed by atoms with E-state index in [0.717, 1.165) is 26.1 Å². The van der Waals surface area contributed by atoms with Crippen molar-refractivity contribution in [1.29, 1.82) is 0 Å². The van der Waals surface area contributed by atoms with Crippen LogP contribution in [0.25, 0.3) is 0 Å². The number of aliphatic hydroxyl groups is 1. The number of carbonyl (C=O) groups is 1. The standard InChI is InChI=1S/C14H24O2.C5H11NO2S.CH4O/c1-11(2)7-9-15-12(3)13-6-4-5-8-14(13)10-16-14;1-9-3-2-4(6)5(7)8;1-2/h7,12-13H,4-6,8-10H2,1-3H3;4H,2-3,6H2,1H3,(H,7,8);2H,1H3/t12?,13?,14-;;/m0../s1. The van der Waals surface area contributed by atoms with E-state index in [-0.39, 0.29) is 5.60 Å². The van der Waals surface area contributed by atoms with Crippen LogP contribution >= 0.6 is 11.8 Å². The molecule has 1 saturated carbocycles. The first-order valence-electron chi connectivity index (χ1n) is 9.63. The van der Waals surface area contributed by atoms with Crippen LogP contribution < -0.4 is 5.73 Å². The van der Waals surface area contributed by atoms with E-state index in [1.165, 1.54) is 31.3 Å². The van der Waals surface area contributed by atoms with E-state index in [2.05, 4.69) is 26.8 Å². The Morgan fingerprint density at radius 1 is 1.41 bits per heavy atom. The Hall–Kier alpha value is -0.600. The van der Waals surface area contributed by atoms with Gasteiger partial charge in [-0.1, -0.05) is 24.5 Å². The van der Waals surface area contributed by atoms with Crippen molar-refractivity contribution in [2.24, 2.45) is 11.7 Å². The van der Waals surface area contributed by atoms with Crippen LogP contribution in [0, 0.1) is 5.92 Å². The first-order valence-corrected chi connectivity index (χ1v) is 11.0. The van der Waals surface area contributed by atoms with Crippen molar-refractivity contribution >= 4 is 17.7 Å². The SMILES string of the molecule is CC(C)=CCOC(C)C1CCCC[C@]12CO2.CO.CSCCC(N)C(=O)O. The molecule has 4 N–H and O–H groups in total. The number of thioether (sulfide) groups is 1. The lowest BCUT2D eigenvalue weighted by Gasteiger charge is -2.33. The lowest BCUT2D eigenvalue weighted by atomic mass is 9.76. The third kappa shape index (κ3) is 10.5. The molecule has 1 spiro atoms. The van der Waals surface area contributed by atoms with Gasteiger partial charge in [0.1, 0.15) is 6.04 Å². The maximum Gasteiger partial charge on any atom is 0.320 e. The van der Waals surface area contributed by atoms with E-state index in [0.29, 0.717) is 18.4 Å². The van der Waals surface area contributed by atoms with Crippen LogP contribution in [-0.4, -0.2) is 66.3 Å². The van der Waals surface area contributed by atoms with Crippen LogP contribution in [0.15, 0.2) is 11.6 Å². The number of nitrogens with two attached hydrogens (primary N) is 1. The number of epoxide rings is 1. The summed E-state index contributed by atoms with van der Waals surface area (Å²) in [5.41, 5.74) is 6.73. The molecule has 0 amide bonds. The summed E-state index contributed by atoms with van der Waals surface area (Å²) in [7, 11) is 1.00. The minimum atomic E-state index is -0.913. The molecule has 2 aliphatic rings. The second-order valence-electron chi connectivity index (χ2n) is 7.25. The molecular weight excluding hydrogens is 366 g/mol. The zero-order chi connectivity index (χ0) is 20.9. The number of rotatable bonds is 8. The fourth-order valence-corrected chi connectivity index (χ4v) is 3.69. The highest BCUT2D eigenvalue weighted by Crippen LogP contribution is 2.48. The van der Waals surface area contributed by atoms with Crippen LogP contribution in [0.3, 0.4) is 0 Å². The molecule has 6 nitrogen and oxygen atoms in total. The summed E-state index contributed by atoms with van der Waals surface area (Å²) in [6.07, 6.45) is 10.1. The van der Waals surface area contributed by atoms with Crippen LogP contribution in [0.5, 0.6) is 0 Å². The largest absolute Gasteiger partial charge is 0.480 e. The molecule has 0 bridgehead atoms. The molecule has 1 saturated heterocycles. The molecule has 3 unspecified atom stereocenters. The van der Waals surface area contributed by atoms with Gasteiger partial charge < -0.3 is 25.4 Å². The normalized spacial score (nSPS) is 25.2. The van der Waals surface area contributed by atoms with Gasteiger partial charge in [-0.15, -0.1) is 0 Å².